The quantitative estimate of drug-likeness (QED) is 0.513. The summed E-state index contributed by atoms with van der Waals surface area (Å²) in [5.74, 6) is -0.150. The van der Waals surface area contributed by atoms with Crippen molar-refractivity contribution in [3.05, 3.63) is 0 Å². The molecule has 1 unspecified atom stereocenters. The fourth-order valence-electron chi connectivity index (χ4n) is 2.49. The second-order valence-corrected chi connectivity index (χ2v) is 5.43. The molecule has 1 rings (SSSR count). The third-order valence-corrected chi connectivity index (χ3v) is 3.55. The van der Waals surface area contributed by atoms with Crippen molar-refractivity contribution in [2.75, 3.05) is 39.5 Å². The summed E-state index contributed by atoms with van der Waals surface area (Å²) in [6, 6.07) is 0. The molecule has 1 N–H and O–H groups in total. The van der Waals surface area contributed by atoms with Gasteiger partial charge in [0.25, 0.3) is 0 Å². The van der Waals surface area contributed by atoms with E-state index in [0.29, 0.717) is 32.9 Å². The maximum Gasteiger partial charge on any atom is 0.310 e. The van der Waals surface area contributed by atoms with Crippen LogP contribution >= 0.6 is 0 Å². The highest BCUT2D eigenvalue weighted by Gasteiger charge is 2.27. The molecule has 0 aromatic heterocycles. The van der Waals surface area contributed by atoms with Gasteiger partial charge >= 0.3 is 5.97 Å². The number of carbonyl (C=O) groups excluding carboxylic acids is 1. The third kappa shape index (κ3) is 6.68. The maximum atomic E-state index is 11.7. The number of ether oxygens (including phenoxy) is 2. The van der Waals surface area contributed by atoms with Crippen LogP contribution in [0.25, 0.3) is 0 Å². The lowest BCUT2D eigenvalue weighted by molar-refractivity contribution is -0.150. The molecule has 1 fully saturated rings. The van der Waals surface area contributed by atoms with Gasteiger partial charge in [-0.05, 0) is 32.7 Å². The van der Waals surface area contributed by atoms with E-state index in [1.54, 1.807) is 0 Å². The van der Waals surface area contributed by atoms with Crippen LogP contribution in [0.3, 0.4) is 0 Å². The average Bonchev–Trinajstić information content (AvgIpc) is 2.44. The molecular formula is C15H29NO4. The van der Waals surface area contributed by atoms with Crippen molar-refractivity contribution < 1.29 is 19.4 Å². The average molecular weight is 287 g/mol. The Morgan fingerprint density at radius 1 is 1.45 bits per heavy atom. The summed E-state index contributed by atoms with van der Waals surface area (Å²) in [6.45, 7) is 7.65. The molecule has 118 valence electrons. The first-order valence-corrected chi connectivity index (χ1v) is 7.82. The Bertz CT molecular complexity index is 273. The topological polar surface area (TPSA) is 59.0 Å². The number of hydrogen-bond donors (Lipinski definition) is 1. The van der Waals surface area contributed by atoms with Crippen LogP contribution in [-0.2, 0) is 14.3 Å². The van der Waals surface area contributed by atoms with Crippen LogP contribution in [0.15, 0.2) is 0 Å². The summed E-state index contributed by atoms with van der Waals surface area (Å²) in [5.41, 5.74) is 0. The predicted molar refractivity (Wildman–Crippen MR) is 77.5 cm³/mol. The lowest BCUT2D eigenvalue weighted by Crippen LogP contribution is -2.43. The summed E-state index contributed by atoms with van der Waals surface area (Å²) < 4.78 is 10.5. The molecule has 1 aliphatic heterocycles. The van der Waals surface area contributed by atoms with Gasteiger partial charge in [-0.15, -0.1) is 0 Å². The van der Waals surface area contributed by atoms with Gasteiger partial charge in [0.1, 0.15) is 0 Å². The Hall–Kier alpha value is -0.650. The molecule has 1 heterocycles. The van der Waals surface area contributed by atoms with Gasteiger partial charge in [-0.2, -0.15) is 0 Å². The lowest BCUT2D eigenvalue weighted by atomic mass is 9.98. The second-order valence-electron chi connectivity index (χ2n) is 5.43. The molecule has 0 spiro atoms. The number of rotatable bonds is 9. The lowest BCUT2D eigenvalue weighted by Gasteiger charge is -2.32. The van der Waals surface area contributed by atoms with Gasteiger partial charge in [0, 0.05) is 19.7 Å². The minimum absolute atomic E-state index is 0.0445. The number of nitrogens with zero attached hydrogens (tertiary/aromatic N) is 1. The molecule has 0 saturated carbocycles. The fourth-order valence-corrected chi connectivity index (χ4v) is 2.49. The molecule has 0 aromatic rings. The van der Waals surface area contributed by atoms with Crippen molar-refractivity contribution in [1.29, 1.82) is 0 Å². The van der Waals surface area contributed by atoms with Crippen molar-refractivity contribution in [2.45, 2.75) is 45.6 Å². The van der Waals surface area contributed by atoms with E-state index in [0.717, 1.165) is 32.2 Å². The van der Waals surface area contributed by atoms with Gasteiger partial charge in [0.2, 0.25) is 0 Å². The molecular weight excluding hydrogens is 258 g/mol. The molecule has 0 aromatic carbocycles. The van der Waals surface area contributed by atoms with Crippen LogP contribution in [-0.4, -0.2) is 61.5 Å². The van der Waals surface area contributed by atoms with E-state index < -0.39 is 6.10 Å². The number of likely N-dealkylation sites (tertiary alicyclic amines) is 1. The van der Waals surface area contributed by atoms with Crippen LogP contribution in [0, 0.1) is 5.92 Å². The molecule has 1 aliphatic rings. The Morgan fingerprint density at radius 3 is 2.95 bits per heavy atom. The number of carbonyl (C=O) groups is 1. The Balaban J connectivity index is 2.23. The van der Waals surface area contributed by atoms with Gasteiger partial charge in [0.05, 0.1) is 25.2 Å². The Morgan fingerprint density at radius 2 is 2.25 bits per heavy atom. The monoisotopic (exact) mass is 287 g/mol. The summed E-state index contributed by atoms with van der Waals surface area (Å²) in [6.07, 6.45) is 3.52. The molecule has 1 saturated heterocycles. The maximum absolute atomic E-state index is 11.7. The van der Waals surface area contributed by atoms with Gasteiger partial charge in [-0.25, -0.2) is 0 Å². The number of aliphatic hydroxyl groups excluding tert-OH is 1. The number of aliphatic hydroxyl groups is 1. The van der Waals surface area contributed by atoms with Crippen molar-refractivity contribution in [2.24, 2.45) is 5.92 Å². The number of piperidine rings is 1. The van der Waals surface area contributed by atoms with Crippen molar-refractivity contribution >= 4 is 5.97 Å². The van der Waals surface area contributed by atoms with E-state index in [2.05, 4.69) is 11.8 Å². The summed E-state index contributed by atoms with van der Waals surface area (Å²) >= 11 is 0. The van der Waals surface area contributed by atoms with Gasteiger partial charge in [-0.3, -0.25) is 9.69 Å². The SMILES string of the molecule is CCCCOCC(O)CN1CCC[C@@H](C(=O)OCC)C1. The molecule has 5 nitrogen and oxygen atoms in total. The molecule has 20 heavy (non-hydrogen) atoms. The molecule has 5 heteroatoms. The van der Waals surface area contributed by atoms with Crippen LogP contribution < -0.4 is 0 Å². The second kappa shape index (κ2) is 10.1. The van der Waals surface area contributed by atoms with E-state index in [-0.39, 0.29) is 11.9 Å². The first-order chi connectivity index (χ1) is 9.67. The van der Waals surface area contributed by atoms with E-state index in [9.17, 15) is 9.90 Å². The minimum Gasteiger partial charge on any atom is -0.466 e. The van der Waals surface area contributed by atoms with Crippen molar-refractivity contribution in [1.82, 2.24) is 4.90 Å². The van der Waals surface area contributed by atoms with Gasteiger partial charge in [0.15, 0.2) is 0 Å². The predicted octanol–water partition coefficient (Wildman–Crippen LogP) is 1.44. The summed E-state index contributed by atoms with van der Waals surface area (Å²) in [7, 11) is 0. The summed E-state index contributed by atoms with van der Waals surface area (Å²) in [5, 5.41) is 9.95. The molecule has 0 amide bonds. The largest absolute Gasteiger partial charge is 0.466 e. The molecule has 0 aliphatic carbocycles. The molecule has 0 radical (unpaired) electrons. The van der Waals surface area contributed by atoms with E-state index in [1.807, 2.05) is 6.92 Å². The Labute approximate surface area is 122 Å². The van der Waals surface area contributed by atoms with Crippen LogP contribution in [0.2, 0.25) is 0 Å². The molecule has 0 bridgehead atoms. The minimum atomic E-state index is -0.479. The normalized spacial score (nSPS) is 21.6. The summed E-state index contributed by atoms with van der Waals surface area (Å²) in [4.78, 5) is 13.9. The Kier molecular flexibility index (Phi) is 8.82. The van der Waals surface area contributed by atoms with Crippen LogP contribution in [0.4, 0.5) is 0 Å². The highest BCUT2D eigenvalue weighted by Crippen LogP contribution is 2.18. The highest BCUT2D eigenvalue weighted by molar-refractivity contribution is 5.72. The highest BCUT2D eigenvalue weighted by atomic mass is 16.5. The first kappa shape index (κ1) is 17.4. The number of hydrogen-bond acceptors (Lipinski definition) is 5. The standard InChI is InChI=1S/C15H29NO4/c1-3-5-9-19-12-14(17)11-16-8-6-7-13(10-16)15(18)20-4-2/h13-14,17H,3-12H2,1-2H3/t13-,14?/m1/s1. The zero-order chi connectivity index (χ0) is 14.8. The molecule has 2 atom stereocenters. The van der Waals surface area contributed by atoms with E-state index in [1.165, 1.54) is 0 Å². The third-order valence-electron chi connectivity index (χ3n) is 3.55. The van der Waals surface area contributed by atoms with Crippen LogP contribution in [0.5, 0.6) is 0 Å². The number of β-amino-alcohol motifs (C(OH)–C–C–N with tert-alkyl or cyclic N) is 1. The van der Waals surface area contributed by atoms with Crippen molar-refractivity contribution in [3.8, 4) is 0 Å². The number of unbranched alkanes of at least 4 members (excludes halogenated alkanes) is 1. The van der Waals surface area contributed by atoms with Crippen molar-refractivity contribution in [3.63, 3.8) is 0 Å². The first-order valence-electron chi connectivity index (χ1n) is 7.82. The zero-order valence-electron chi connectivity index (χ0n) is 12.8. The van der Waals surface area contributed by atoms with Gasteiger partial charge < -0.3 is 14.6 Å². The van der Waals surface area contributed by atoms with E-state index in [4.69, 9.17) is 9.47 Å². The van der Waals surface area contributed by atoms with Gasteiger partial charge in [-0.1, -0.05) is 13.3 Å². The van der Waals surface area contributed by atoms with E-state index >= 15 is 0 Å². The van der Waals surface area contributed by atoms with Crippen LogP contribution in [0.1, 0.15) is 39.5 Å². The smallest absolute Gasteiger partial charge is 0.310 e. The fraction of sp³-hybridized carbons (Fsp3) is 0.933. The number of esters is 1. The zero-order valence-corrected chi connectivity index (χ0v) is 12.8.